The van der Waals surface area contributed by atoms with E-state index in [4.69, 9.17) is 9.26 Å². The van der Waals surface area contributed by atoms with Gasteiger partial charge in [0.25, 0.3) is 0 Å². The number of rotatable bonds is 6. The van der Waals surface area contributed by atoms with Gasteiger partial charge in [-0.3, -0.25) is 0 Å². The third kappa shape index (κ3) is 3.49. The molecule has 0 radical (unpaired) electrons. The lowest BCUT2D eigenvalue weighted by Gasteiger charge is -2.10. The average Bonchev–Trinajstić information content (AvgIpc) is 3.19. The second-order valence-electron chi connectivity index (χ2n) is 5.47. The Morgan fingerprint density at radius 1 is 1.38 bits per heavy atom. The molecule has 2 atom stereocenters. The van der Waals surface area contributed by atoms with Crippen molar-refractivity contribution in [1.29, 1.82) is 0 Å². The summed E-state index contributed by atoms with van der Waals surface area (Å²) in [7, 11) is 1.66. The Bertz CT molecular complexity index is 550. The number of aryl methyl sites for hydroxylation is 1. The zero-order valence-electron chi connectivity index (χ0n) is 12.3. The van der Waals surface area contributed by atoms with Crippen LogP contribution in [0.5, 0.6) is 0 Å². The minimum Gasteiger partial charge on any atom is -0.369 e. The third-order valence-electron chi connectivity index (χ3n) is 3.99. The predicted octanol–water partition coefficient (Wildman–Crippen LogP) is 2.35. The van der Waals surface area contributed by atoms with Gasteiger partial charge < -0.3 is 14.6 Å². The van der Waals surface area contributed by atoms with Crippen LogP contribution in [0.4, 0.5) is 0 Å². The van der Waals surface area contributed by atoms with E-state index in [1.165, 1.54) is 6.42 Å². The molecule has 5 nitrogen and oxygen atoms in total. The van der Waals surface area contributed by atoms with Crippen LogP contribution in [0.15, 0.2) is 34.9 Å². The van der Waals surface area contributed by atoms with Crippen LogP contribution in [0.25, 0.3) is 0 Å². The zero-order chi connectivity index (χ0) is 14.5. The molecule has 0 spiro atoms. The molecular formula is C16H21N3O2. The van der Waals surface area contributed by atoms with E-state index in [9.17, 15) is 0 Å². The number of nitrogens with one attached hydrogen (secondary N) is 1. The van der Waals surface area contributed by atoms with Crippen molar-refractivity contribution in [3.63, 3.8) is 0 Å². The Morgan fingerprint density at radius 3 is 2.95 bits per heavy atom. The van der Waals surface area contributed by atoms with Crippen molar-refractivity contribution < 1.29 is 9.26 Å². The van der Waals surface area contributed by atoms with E-state index in [1.54, 1.807) is 7.11 Å². The van der Waals surface area contributed by atoms with Gasteiger partial charge in [0.2, 0.25) is 11.7 Å². The molecule has 5 heteroatoms. The monoisotopic (exact) mass is 287 g/mol. The summed E-state index contributed by atoms with van der Waals surface area (Å²) in [6.07, 6.45) is 2.91. The first kappa shape index (κ1) is 14.2. The van der Waals surface area contributed by atoms with Gasteiger partial charge in [0, 0.05) is 13.5 Å². The number of methoxy groups -OCH3 is 1. The summed E-state index contributed by atoms with van der Waals surface area (Å²) in [5, 5.41) is 7.46. The summed E-state index contributed by atoms with van der Waals surface area (Å²) in [5.41, 5.74) is 1.03. The fraction of sp³-hybridized carbons (Fsp3) is 0.500. The molecule has 3 rings (SSSR count). The molecule has 1 fully saturated rings. The van der Waals surface area contributed by atoms with Gasteiger partial charge in [-0.05, 0) is 37.4 Å². The molecule has 1 aliphatic heterocycles. The molecule has 112 valence electrons. The largest absolute Gasteiger partial charge is 0.369 e. The highest BCUT2D eigenvalue weighted by molar-refractivity contribution is 5.22. The van der Waals surface area contributed by atoms with E-state index in [-0.39, 0.29) is 6.10 Å². The van der Waals surface area contributed by atoms with Crippen LogP contribution in [0.3, 0.4) is 0 Å². The second kappa shape index (κ2) is 6.83. The fourth-order valence-corrected chi connectivity index (χ4v) is 2.78. The molecule has 0 bridgehead atoms. The lowest BCUT2D eigenvalue weighted by atomic mass is 10.0. The van der Waals surface area contributed by atoms with E-state index in [2.05, 4.69) is 15.5 Å². The molecule has 1 aliphatic rings. The number of aromatic nitrogens is 2. The van der Waals surface area contributed by atoms with Crippen LogP contribution >= 0.6 is 0 Å². The van der Waals surface area contributed by atoms with Crippen LogP contribution in [0, 0.1) is 5.92 Å². The van der Waals surface area contributed by atoms with E-state index < -0.39 is 0 Å². The van der Waals surface area contributed by atoms with Gasteiger partial charge >= 0.3 is 0 Å². The molecule has 0 amide bonds. The summed E-state index contributed by atoms with van der Waals surface area (Å²) < 4.78 is 10.9. The Balaban J connectivity index is 1.65. The van der Waals surface area contributed by atoms with Crippen molar-refractivity contribution >= 4 is 0 Å². The molecule has 21 heavy (non-hydrogen) atoms. The Labute approximate surface area is 124 Å². The standard InChI is InChI=1S/C16H21N3O2/c1-20-15(13-5-3-2-4-6-13)16-18-14(21-19-16)8-7-12-9-10-17-11-12/h2-6,12,15,17H,7-11H2,1H3. The van der Waals surface area contributed by atoms with Gasteiger partial charge in [-0.25, -0.2) is 0 Å². The molecule has 1 N–H and O–H groups in total. The fourth-order valence-electron chi connectivity index (χ4n) is 2.78. The average molecular weight is 287 g/mol. The van der Waals surface area contributed by atoms with Gasteiger partial charge in [0.05, 0.1) is 0 Å². The van der Waals surface area contributed by atoms with Crippen molar-refractivity contribution in [3.8, 4) is 0 Å². The number of hydrogen-bond acceptors (Lipinski definition) is 5. The number of benzene rings is 1. The van der Waals surface area contributed by atoms with Crippen LogP contribution < -0.4 is 5.32 Å². The Kier molecular flexibility index (Phi) is 4.62. The molecule has 0 saturated carbocycles. The first-order valence-electron chi connectivity index (χ1n) is 7.47. The maximum Gasteiger partial charge on any atom is 0.226 e. The van der Waals surface area contributed by atoms with Gasteiger partial charge in [-0.15, -0.1) is 0 Å². The quantitative estimate of drug-likeness (QED) is 0.883. The van der Waals surface area contributed by atoms with Crippen molar-refractivity contribution in [2.24, 2.45) is 5.92 Å². The van der Waals surface area contributed by atoms with Crippen molar-refractivity contribution in [3.05, 3.63) is 47.6 Å². The van der Waals surface area contributed by atoms with E-state index in [0.717, 1.165) is 37.4 Å². The van der Waals surface area contributed by atoms with Gasteiger partial charge in [0.1, 0.15) is 6.10 Å². The molecule has 1 aromatic carbocycles. The zero-order valence-corrected chi connectivity index (χ0v) is 12.3. The summed E-state index contributed by atoms with van der Waals surface area (Å²) in [4.78, 5) is 4.50. The number of nitrogens with zero attached hydrogens (tertiary/aromatic N) is 2. The Hall–Kier alpha value is -1.72. The number of hydrogen-bond donors (Lipinski definition) is 1. The minimum atomic E-state index is -0.267. The van der Waals surface area contributed by atoms with Crippen LogP contribution in [-0.4, -0.2) is 30.3 Å². The molecule has 2 unspecified atom stereocenters. The summed E-state index contributed by atoms with van der Waals surface area (Å²) in [5.74, 6) is 2.03. The topological polar surface area (TPSA) is 60.2 Å². The summed E-state index contributed by atoms with van der Waals surface area (Å²) >= 11 is 0. The Morgan fingerprint density at radius 2 is 2.24 bits per heavy atom. The minimum absolute atomic E-state index is 0.267. The normalized spacial score (nSPS) is 19.8. The maximum atomic E-state index is 5.52. The predicted molar refractivity (Wildman–Crippen MR) is 78.9 cm³/mol. The highest BCUT2D eigenvalue weighted by atomic mass is 16.5. The highest BCUT2D eigenvalue weighted by Crippen LogP contribution is 2.23. The van der Waals surface area contributed by atoms with E-state index in [1.807, 2.05) is 30.3 Å². The first-order chi connectivity index (χ1) is 10.4. The van der Waals surface area contributed by atoms with E-state index >= 15 is 0 Å². The van der Waals surface area contributed by atoms with Crippen LogP contribution in [-0.2, 0) is 11.2 Å². The summed E-state index contributed by atoms with van der Waals surface area (Å²) in [6.45, 7) is 2.23. The lowest BCUT2D eigenvalue weighted by Crippen LogP contribution is -2.09. The second-order valence-corrected chi connectivity index (χ2v) is 5.47. The molecule has 2 aromatic rings. The highest BCUT2D eigenvalue weighted by Gasteiger charge is 2.21. The SMILES string of the molecule is COC(c1ccccc1)c1noc(CCC2CCNC2)n1. The molecule has 2 heterocycles. The number of ether oxygens (including phenoxy) is 1. The maximum absolute atomic E-state index is 5.52. The van der Waals surface area contributed by atoms with Gasteiger partial charge in [-0.2, -0.15) is 4.98 Å². The summed E-state index contributed by atoms with van der Waals surface area (Å²) in [6, 6.07) is 9.96. The lowest BCUT2D eigenvalue weighted by molar-refractivity contribution is 0.126. The first-order valence-corrected chi connectivity index (χ1v) is 7.47. The van der Waals surface area contributed by atoms with Crippen molar-refractivity contribution in [2.45, 2.75) is 25.4 Å². The van der Waals surface area contributed by atoms with Crippen molar-refractivity contribution in [1.82, 2.24) is 15.5 Å². The van der Waals surface area contributed by atoms with Crippen molar-refractivity contribution in [2.75, 3.05) is 20.2 Å². The molecule has 1 aromatic heterocycles. The van der Waals surface area contributed by atoms with Gasteiger partial charge in [-0.1, -0.05) is 35.5 Å². The molecular weight excluding hydrogens is 266 g/mol. The third-order valence-corrected chi connectivity index (χ3v) is 3.99. The van der Waals surface area contributed by atoms with Gasteiger partial charge in [0.15, 0.2) is 0 Å². The van der Waals surface area contributed by atoms with Crippen LogP contribution in [0.1, 0.15) is 36.2 Å². The van der Waals surface area contributed by atoms with Crippen LogP contribution in [0.2, 0.25) is 0 Å². The smallest absolute Gasteiger partial charge is 0.226 e. The molecule has 0 aliphatic carbocycles. The molecule has 1 saturated heterocycles. The van der Waals surface area contributed by atoms with E-state index in [0.29, 0.717) is 11.7 Å².